The predicted molar refractivity (Wildman–Crippen MR) is 113 cm³/mol. The van der Waals surface area contributed by atoms with Crippen molar-refractivity contribution in [1.29, 1.82) is 0 Å². The van der Waals surface area contributed by atoms with Gasteiger partial charge in [-0.3, -0.25) is 9.89 Å². The number of hydrogen-bond acceptors (Lipinski definition) is 5. The number of carbonyl (C=O) groups excluding carboxylic acids is 1. The van der Waals surface area contributed by atoms with Crippen LogP contribution in [0.2, 0.25) is 0 Å². The van der Waals surface area contributed by atoms with Crippen LogP contribution in [0.1, 0.15) is 52.8 Å². The van der Waals surface area contributed by atoms with Gasteiger partial charge in [-0.2, -0.15) is 0 Å². The minimum atomic E-state index is -0.482. The number of carbonyl (C=O) groups is 1. The van der Waals surface area contributed by atoms with E-state index in [-0.39, 0.29) is 6.04 Å². The highest BCUT2D eigenvalue weighted by molar-refractivity contribution is 5.79. The second kappa shape index (κ2) is 12.3. The Balaban J connectivity index is 2.38. The second-order valence-electron chi connectivity index (χ2n) is 7.41. The number of nitrogens with one attached hydrogen (secondary N) is 3. The molecule has 0 saturated heterocycles. The Morgan fingerprint density at radius 1 is 1.21 bits per heavy atom. The van der Waals surface area contributed by atoms with Crippen molar-refractivity contribution in [1.82, 2.24) is 20.9 Å². The summed E-state index contributed by atoms with van der Waals surface area (Å²) in [5, 5.41) is 9.38. The maximum atomic E-state index is 11.6. The molecule has 28 heavy (non-hydrogen) atoms. The van der Waals surface area contributed by atoms with Gasteiger partial charge < -0.3 is 25.1 Å². The fraction of sp³-hybridized carbons (Fsp3) is 0.700. The Morgan fingerprint density at radius 2 is 1.89 bits per heavy atom. The molecule has 1 atom stereocenters. The number of guanidine groups is 1. The van der Waals surface area contributed by atoms with Crippen molar-refractivity contribution in [2.24, 2.45) is 4.99 Å². The number of aliphatic imine (C=N–C) groups is 1. The first kappa shape index (κ1) is 23.8. The van der Waals surface area contributed by atoms with E-state index in [1.165, 1.54) is 0 Å². The topological polar surface area (TPSA) is 91.1 Å². The Kier molecular flexibility index (Phi) is 10.4. The smallest absolute Gasteiger partial charge is 0.407 e. The molecule has 1 amide bonds. The van der Waals surface area contributed by atoms with Crippen LogP contribution >= 0.6 is 0 Å². The summed E-state index contributed by atoms with van der Waals surface area (Å²) in [7, 11) is 1.74. The number of ether oxygens (including phenoxy) is 1. The number of alkyl carbamates (subject to hydrolysis) is 1. The summed E-state index contributed by atoms with van der Waals surface area (Å²) < 4.78 is 10.8. The standard InChI is InChI=1S/C20H37N5O3/c1-7-25(8-2)16(17-11-9-14-27-17)15-24-18(21-6)22-12-10-13-23-19(26)28-20(3,4)5/h9,11,14,16H,7-8,10,12-13,15H2,1-6H3,(H,23,26)(H2,21,22,24). The third-order valence-electron chi connectivity index (χ3n) is 4.13. The third kappa shape index (κ3) is 9.12. The third-order valence-corrected chi connectivity index (χ3v) is 4.13. The van der Waals surface area contributed by atoms with Gasteiger partial charge in [0.25, 0.3) is 0 Å². The average molecular weight is 396 g/mol. The molecule has 0 aliphatic carbocycles. The van der Waals surface area contributed by atoms with Crippen LogP contribution in [0.25, 0.3) is 0 Å². The maximum absolute atomic E-state index is 11.6. The van der Waals surface area contributed by atoms with E-state index in [4.69, 9.17) is 9.15 Å². The molecule has 1 rings (SSSR count). The van der Waals surface area contributed by atoms with Crippen molar-refractivity contribution in [3.8, 4) is 0 Å². The highest BCUT2D eigenvalue weighted by atomic mass is 16.6. The summed E-state index contributed by atoms with van der Waals surface area (Å²) in [6.45, 7) is 13.6. The van der Waals surface area contributed by atoms with E-state index in [1.54, 1.807) is 13.3 Å². The summed E-state index contributed by atoms with van der Waals surface area (Å²) in [5.74, 6) is 1.66. The molecule has 0 fully saturated rings. The molecule has 160 valence electrons. The van der Waals surface area contributed by atoms with Crippen LogP contribution in [0, 0.1) is 0 Å². The number of rotatable bonds is 10. The number of amides is 1. The summed E-state index contributed by atoms with van der Waals surface area (Å²) in [5.41, 5.74) is -0.482. The van der Waals surface area contributed by atoms with Gasteiger partial charge in [0.1, 0.15) is 11.4 Å². The molecule has 1 aromatic rings. The van der Waals surface area contributed by atoms with Crippen molar-refractivity contribution in [3.63, 3.8) is 0 Å². The molecule has 3 N–H and O–H groups in total. The van der Waals surface area contributed by atoms with Gasteiger partial charge >= 0.3 is 6.09 Å². The molecule has 0 aliphatic rings. The van der Waals surface area contributed by atoms with Crippen molar-refractivity contribution in [2.75, 3.05) is 39.8 Å². The summed E-state index contributed by atoms with van der Waals surface area (Å²) in [4.78, 5) is 18.2. The first-order valence-electron chi connectivity index (χ1n) is 9.99. The Bertz CT molecular complexity index is 577. The van der Waals surface area contributed by atoms with Gasteiger partial charge in [-0.25, -0.2) is 4.79 Å². The van der Waals surface area contributed by atoms with E-state index in [0.29, 0.717) is 19.6 Å². The fourth-order valence-electron chi connectivity index (χ4n) is 2.77. The SMILES string of the molecule is CCN(CC)C(CNC(=NC)NCCCNC(=O)OC(C)(C)C)c1ccco1. The van der Waals surface area contributed by atoms with Crippen LogP contribution in [-0.4, -0.2) is 62.3 Å². The molecule has 0 radical (unpaired) electrons. The first-order valence-corrected chi connectivity index (χ1v) is 9.99. The van der Waals surface area contributed by atoms with Crippen molar-refractivity contribution in [3.05, 3.63) is 24.2 Å². The van der Waals surface area contributed by atoms with Crippen molar-refractivity contribution >= 4 is 12.1 Å². The zero-order valence-corrected chi connectivity index (χ0v) is 18.2. The molecular formula is C20H37N5O3. The van der Waals surface area contributed by atoms with Crippen molar-refractivity contribution in [2.45, 2.75) is 52.7 Å². The van der Waals surface area contributed by atoms with Gasteiger partial charge in [-0.15, -0.1) is 0 Å². The molecule has 1 unspecified atom stereocenters. The first-order chi connectivity index (χ1) is 13.3. The lowest BCUT2D eigenvalue weighted by atomic mass is 10.2. The monoisotopic (exact) mass is 395 g/mol. The molecule has 0 aromatic carbocycles. The van der Waals surface area contributed by atoms with Gasteiger partial charge in [-0.05, 0) is 52.4 Å². The highest BCUT2D eigenvalue weighted by Crippen LogP contribution is 2.20. The summed E-state index contributed by atoms with van der Waals surface area (Å²) >= 11 is 0. The lowest BCUT2D eigenvalue weighted by molar-refractivity contribution is 0.0527. The van der Waals surface area contributed by atoms with Gasteiger partial charge in [0.15, 0.2) is 5.96 Å². The molecule has 8 nitrogen and oxygen atoms in total. The van der Waals surface area contributed by atoms with Crippen LogP contribution in [0.3, 0.4) is 0 Å². The zero-order chi connectivity index (χ0) is 21.0. The average Bonchev–Trinajstić information content (AvgIpc) is 3.15. The lowest BCUT2D eigenvalue weighted by Gasteiger charge is -2.28. The van der Waals surface area contributed by atoms with Crippen molar-refractivity contribution < 1.29 is 13.9 Å². The molecule has 0 saturated carbocycles. The van der Waals surface area contributed by atoms with Gasteiger partial charge in [0.2, 0.25) is 0 Å². The number of hydrogen-bond donors (Lipinski definition) is 3. The molecule has 0 spiro atoms. The summed E-state index contributed by atoms with van der Waals surface area (Å²) in [6, 6.07) is 4.05. The maximum Gasteiger partial charge on any atom is 0.407 e. The Hall–Kier alpha value is -2.22. The van der Waals surface area contributed by atoms with E-state index in [0.717, 1.165) is 31.2 Å². The van der Waals surface area contributed by atoms with Crippen LogP contribution in [0.15, 0.2) is 27.8 Å². The number of nitrogens with zero attached hydrogens (tertiary/aromatic N) is 2. The van der Waals surface area contributed by atoms with Gasteiger partial charge in [-0.1, -0.05) is 13.8 Å². The summed E-state index contributed by atoms with van der Waals surface area (Å²) in [6.07, 6.45) is 2.07. The highest BCUT2D eigenvalue weighted by Gasteiger charge is 2.20. The van der Waals surface area contributed by atoms with Crippen LogP contribution in [-0.2, 0) is 4.74 Å². The van der Waals surface area contributed by atoms with Crippen LogP contribution in [0.5, 0.6) is 0 Å². The zero-order valence-electron chi connectivity index (χ0n) is 18.2. The van der Waals surface area contributed by atoms with E-state index in [1.807, 2.05) is 32.9 Å². The second-order valence-corrected chi connectivity index (χ2v) is 7.41. The minimum Gasteiger partial charge on any atom is -0.468 e. The molecular weight excluding hydrogens is 358 g/mol. The van der Waals surface area contributed by atoms with E-state index < -0.39 is 11.7 Å². The molecule has 0 bridgehead atoms. The molecule has 8 heteroatoms. The largest absolute Gasteiger partial charge is 0.468 e. The molecule has 1 heterocycles. The van der Waals surface area contributed by atoms with Gasteiger partial charge in [0, 0.05) is 26.7 Å². The number of furan rings is 1. The lowest BCUT2D eigenvalue weighted by Crippen LogP contribution is -2.43. The number of likely N-dealkylation sites (N-methyl/N-ethyl adjacent to an activating group) is 1. The van der Waals surface area contributed by atoms with E-state index in [2.05, 4.69) is 39.7 Å². The van der Waals surface area contributed by atoms with Crippen LogP contribution < -0.4 is 16.0 Å². The normalized spacial score (nSPS) is 13.3. The molecule has 0 aliphatic heterocycles. The quantitative estimate of drug-likeness (QED) is 0.321. The van der Waals surface area contributed by atoms with E-state index in [9.17, 15) is 4.79 Å². The fourth-order valence-corrected chi connectivity index (χ4v) is 2.77. The van der Waals surface area contributed by atoms with Crippen LogP contribution in [0.4, 0.5) is 4.79 Å². The van der Waals surface area contributed by atoms with Gasteiger partial charge in [0.05, 0.1) is 12.3 Å². The Morgan fingerprint density at radius 3 is 2.43 bits per heavy atom. The minimum absolute atomic E-state index is 0.136. The van der Waals surface area contributed by atoms with E-state index >= 15 is 0 Å². The Labute approximate surface area is 169 Å². The molecule has 1 aromatic heterocycles. The predicted octanol–water partition coefficient (Wildman–Crippen LogP) is 2.74.